The Morgan fingerprint density at radius 3 is 3.11 bits per heavy atom. The molecule has 2 bridgehead atoms. The fourth-order valence-electron chi connectivity index (χ4n) is 2.27. The third-order valence-electron chi connectivity index (χ3n) is 3.27. The van der Waals surface area contributed by atoms with E-state index in [1.807, 2.05) is 0 Å². The van der Waals surface area contributed by atoms with Crippen molar-refractivity contribution < 1.29 is 13.9 Å². The van der Waals surface area contributed by atoms with Gasteiger partial charge in [-0.1, -0.05) is 12.2 Å². The molecule has 1 aliphatic heterocycles. The second-order valence-electron chi connectivity index (χ2n) is 4.79. The summed E-state index contributed by atoms with van der Waals surface area (Å²) in [4.78, 5) is 0. The molecule has 18 heavy (non-hydrogen) atoms. The summed E-state index contributed by atoms with van der Waals surface area (Å²) < 4.78 is 16.5. The number of fused-ring (bicyclic) bond motifs is 2. The largest absolute Gasteiger partial charge is 0.466 e. The standard InChI is InChI=1S/C15H22O3/c1-12-10-14-7-5-3-4-6-13(17-11-16-2)8-9-15(12)18-14/h4,6,10,13H,3,5,7-9,11H2,1-2H3/b6-4+. The smallest absolute Gasteiger partial charge is 0.147 e. The number of hydrogen-bond donors (Lipinski definition) is 0. The zero-order valence-electron chi connectivity index (χ0n) is 11.3. The Hall–Kier alpha value is -1.06. The number of furan rings is 1. The average Bonchev–Trinajstić information content (AvgIpc) is 2.69. The fraction of sp³-hybridized carbons (Fsp3) is 0.600. The summed E-state index contributed by atoms with van der Waals surface area (Å²) in [6, 6.07) is 2.17. The maximum Gasteiger partial charge on any atom is 0.147 e. The zero-order chi connectivity index (χ0) is 12.8. The van der Waals surface area contributed by atoms with E-state index < -0.39 is 0 Å². The molecule has 0 radical (unpaired) electrons. The average molecular weight is 250 g/mol. The highest BCUT2D eigenvalue weighted by Gasteiger charge is 2.12. The Labute approximate surface area is 109 Å². The maximum absolute atomic E-state index is 5.88. The number of allylic oxidation sites excluding steroid dienone is 1. The highest BCUT2D eigenvalue weighted by molar-refractivity contribution is 5.20. The molecule has 1 atom stereocenters. The third kappa shape index (κ3) is 3.72. The van der Waals surface area contributed by atoms with E-state index >= 15 is 0 Å². The van der Waals surface area contributed by atoms with E-state index in [4.69, 9.17) is 13.9 Å². The van der Waals surface area contributed by atoms with Gasteiger partial charge in [-0.3, -0.25) is 0 Å². The second-order valence-corrected chi connectivity index (χ2v) is 4.79. The molecule has 0 saturated heterocycles. The van der Waals surface area contributed by atoms with Gasteiger partial charge in [-0.05, 0) is 37.8 Å². The maximum atomic E-state index is 5.88. The van der Waals surface area contributed by atoms with Gasteiger partial charge in [0.1, 0.15) is 18.3 Å². The van der Waals surface area contributed by atoms with E-state index in [0.29, 0.717) is 6.79 Å². The summed E-state index contributed by atoms with van der Waals surface area (Å²) in [6.45, 7) is 2.46. The van der Waals surface area contributed by atoms with Gasteiger partial charge >= 0.3 is 0 Å². The van der Waals surface area contributed by atoms with Crippen molar-refractivity contribution in [3.63, 3.8) is 0 Å². The van der Waals surface area contributed by atoms with E-state index in [1.165, 1.54) is 5.56 Å². The summed E-state index contributed by atoms with van der Waals surface area (Å²) in [5.41, 5.74) is 1.26. The second kappa shape index (κ2) is 6.76. The van der Waals surface area contributed by atoms with Crippen molar-refractivity contribution >= 4 is 0 Å². The van der Waals surface area contributed by atoms with E-state index in [2.05, 4.69) is 25.1 Å². The number of rotatable bonds is 3. The Kier molecular flexibility index (Phi) is 5.02. The van der Waals surface area contributed by atoms with Gasteiger partial charge in [0.25, 0.3) is 0 Å². The minimum atomic E-state index is 0.121. The molecular weight excluding hydrogens is 228 g/mol. The van der Waals surface area contributed by atoms with Crippen LogP contribution in [-0.4, -0.2) is 20.0 Å². The van der Waals surface area contributed by atoms with Crippen molar-refractivity contribution in [3.8, 4) is 0 Å². The molecule has 100 valence electrons. The van der Waals surface area contributed by atoms with E-state index in [0.717, 1.165) is 43.6 Å². The van der Waals surface area contributed by atoms with Gasteiger partial charge in [0.2, 0.25) is 0 Å². The van der Waals surface area contributed by atoms with Crippen LogP contribution in [0.4, 0.5) is 0 Å². The Bertz CT molecular complexity index is 392. The van der Waals surface area contributed by atoms with Crippen LogP contribution in [0.2, 0.25) is 0 Å². The number of hydrogen-bond acceptors (Lipinski definition) is 3. The topological polar surface area (TPSA) is 31.6 Å². The fourth-order valence-corrected chi connectivity index (χ4v) is 2.27. The van der Waals surface area contributed by atoms with Crippen LogP contribution in [0.15, 0.2) is 22.6 Å². The molecule has 0 N–H and O–H groups in total. The van der Waals surface area contributed by atoms with Crippen LogP contribution in [0.25, 0.3) is 0 Å². The molecule has 0 spiro atoms. The minimum Gasteiger partial charge on any atom is -0.466 e. The molecule has 0 saturated carbocycles. The van der Waals surface area contributed by atoms with Crippen LogP contribution in [-0.2, 0) is 22.3 Å². The first-order valence-corrected chi connectivity index (χ1v) is 6.65. The lowest BCUT2D eigenvalue weighted by Crippen LogP contribution is -2.13. The van der Waals surface area contributed by atoms with Gasteiger partial charge in [-0.2, -0.15) is 0 Å². The SMILES string of the molecule is COCOC1/C=C/CCCc2cc(C)c(o2)CC1. The number of ether oxygens (including phenoxy) is 2. The van der Waals surface area contributed by atoms with Crippen LogP contribution in [0.5, 0.6) is 0 Å². The predicted molar refractivity (Wildman–Crippen MR) is 70.6 cm³/mol. The van der Waals surface area contributed by atoms with Crippen LogP contribution < -0.4 is 0 Å². The molecule has 1 aliphatic rings. The Morgan fingerprint density at radius 2 is 2.28 bits per heavy atom. The monoisotopic (exact) mass is 250 g/mol. The third-order valence-corrected chi connectivity index (χ3v) is 3.27. The Balaban J connectivity index is 2.04. The van der Waals surface area contributed by atoms with Crippen molar-refractivity contribution in [1.29, 1.82) is 0 Å². The highest BCUT2D eigenvalue weighted by Crippen LogP contribution is 2.20. The Morgan fingerprint density at radius 1 is 1.39 bits per heavy atom. The van der Waals surface area contributed by atoms with Gasteiger partial charge in [-0.25, -0.2) is 0 Å². The predicted octanol–water partition coefficient (Wildman–Crippen LogP) is 3.40. The van der Waals surface area contributed by atoms with Gasteiger partial charge in [0.05, 0.1) is 6.10 Å². The summed E-state index contributed by atoms with van der Waals surface area (Å²) in [7, 11) is 1.65. The van der Waals surface area contributed by atoms with Gasteiger partial charge in [-0.15, -0.1) is 0 Å². The lowest BCUT2D eigenvalue weighted by molar-refractivity contribution is -0.0576. The first kappa shape index (κ1) is 13.4. The van der Waals surface area contributed by atoms with Crippen LogP contribution in [0, 0.1) is 6.92 Å². The van der Waals surface area contributed by atoms with Crippen molar-refractivity contribution in [2.45, 2.75) is 45.1 Å². The lowest BCUT2D eigenvalue weighted by Gasteiger charge is -2.13. The van der Waals surface area contributed by atoms with Crippen LogP contribution in [0.1, 0.15) is 36.3 Å². The molecule has 0 amide bonds. The summed E-state index contributed by atoms with van der Waals surface area (Å²) in [5.74, 6) is 2.22. The quantitative estimate of drug-likeness (QED) is 0.608. The molecular formula is C15H22O3. The summed E-state index contributed by atoms with van der Waals surface area (Å²) in [6.07, 6.45) is 9.56. The van der Waals surface area contributed by atoms with Gasteiger partial charge < -0.3 is 13.9 Å². The van der Waals surface area contributed by atoms with Crippen LogP contribution >= 0.6 is 0 Å². The molecule has 3 nitrogen and oxygen atoms in total. The highest BCUT2D eigenvalue weighted by atomic mass is 16.7. The molecule has 1 aromatic heterocycles. The van der Waals surface area contributed by atoms with E-state index in [1.54, 1.807) is 7.11 Å². The van der Waals surface area contributed by atoms with Gasteiger partial charge in [0, 0.05) is 20.0 Å². The van der Waals surface area contributed by atoms with Gasteiger partial charge in [0.15, 0.2) is 0 Å². The van der Waals surface area contributed by atoms with Crippen molar-refractivity contribution in [1.82, 2.24) is 0 Å². The first-order chi connectivity index (χ1) is 8.79. The molecule has 3 heteroatoms. The lowest BCUT2D eigenvalue weighted by atomic mass is 10.1. The summed E-state index contributed by atoms with van der Waals surface area (Å²) >= 11 is 0. The normalized spacial score (nSPS) is 22.4. The molecule has 1 unspecified atom stereocenters. The number of aryl methyl sites for hydroxylation is 3. The molecule has 2 heterocycles. The molecule has 0 aliphatic carbocycles. The van der Waals surface area contributed by atoms with Crippen molar-refractivity contribution in [2.24, 2.45) is 0 Å². The first-order valence-electron chi connectivity index (χ1n) is 6.65. The van der Waals surface area contributed by atoms with E-state index in [-0.39, 0.29) is 6.10 Å². The van der Waals surface area contributed by atoms with Crippen LogP contribution in [0.3, 0.4) is 0 Å². The molecule has 1 aromatic rings. The number of methoxy groups -OCH3 is 1. The van der Waals surface area contributed by atoms with Crippen molar-refractivity contribution in [2.75, 3.05) is 13.9 Å². The van der Waals surface area contributed by atoms with Crippen molar-refractivity contribution in [3.05, 3.63) is 35.3 Å². The molecule has 2 rings (SSSR count). The minimum absolute atomic E-state index is 0.121. The summed E-state index contributed by atoms with van der Waals surface area (Å²) in [5, 5.41) is 0. The molecule has 0 fully saturated rings. The zero-order valence-corrected chi connectivity index (χ0v) is 11.3. The van der Waals surface area contributed by atoms with E-state index in [9.17, 15) is 0 Å². The molecule has 0 aromatic carbocycles.